The third-order valence-corrected chi connectivity index (χ3v) is 8.29. The number of hydrogen-bond donors (Lipinski definition) is 2. The van der Waals surface area contributed by atoms with Crippen LogP contribution in [0.5, 0.6) is 0 Å². The highest BCUT2D eigenvalue weighted by Gasteiger charge is 2.31. The number of aromatic nitrogens is 3. The largest absolute Gasteiger partial charge is 0.465 e. The quantitative estimate of drug-likeness (QED) is 0.238. The van der Waals surface area contributed by atoms with Gasteiger partial charge in [0.2, 0.25) is 0 Å². The van der Waals surface area contributed by atoms with Crippen molar-refractivity contribution in [3.63, 3.8) is 0 Å². The number of pyridine rings is 1. The minimum Gasteiger partial charge on any atom is -0.465 e. The van der Waals surface area contributed by atoms with E-state index >= 15 is 0 Å². The summed E-state index contributed by atoms with van der Waals surface area (Å²) in [4.78, 5) is 52.1. The van der Waals surface area contributed by atoms with E-state index in [0.717, 1.165) is 28.0 Å². The van der Waals surface area contributed by atoms with Crippen LogP contribution in [0, 0.1) is 0 Å². The topological polar surface area (TPSA) is 123 Å². The molecule has 5 aromatic rings. The molecule has 206 valence electrons. The van der Waals surface area contributed by atoms with Crippen LogP contribution in [0.15, 0.2) is 67.0 Å². The number of aryl methyl sites for hydroxylation is 1. The number of benzene rings is 2. The van der Waals surface area contributed by atoms with Crippen molar-refractivity contribution >= 4 is 45.2 Å². The molecule has 3 aromatic heterocycles. The fourth-order valence-corrected chi connectivity index (χ4v) is 6.34. The number of methoxy groups -OCH3 is 1. The molecule has 0 bridgehead atoms. The molecule has 1 atom stereocenters. The second-order valence-corrected chi connectivity index (χ2v) is 10.6. The van der Waals surface area contributed by atoms with Crippen LogP contribution in [0.25, 0.3) is 32.9 Å². The summed E-state index contributed by atoms with van der Waals surface area (Å²) in [5.41, 5.74) is 5.89. The van der Waals surface area contributed by atoms with Crippen molar-refractivity contribution in [3.8, 4) is 21.8 Å². The van der Waals surface area contributed by atoms with E-state index in [1.165, 1.54) is 24.0 Å². The Bertz CT molecular complexity index is 1790. The van der Waals surface area contributed by atoms with E-state index < -0.39 is 23.9 Å². The third-order valence-electron chi connectivity index (χ3n) is 7.10. The lowest BCUT2D eigenvalue weighted by molar-refractivity contribution is -0.124. The van der Waals surface area contributed by atoms with Gasteiger partial charge in [0.1, 0.15) is 10.8 Å². The first-order chi connectivity index (χ1) is 20.0. The van der Waals surface area contributed by atoms with Crippen LogP contribution in [-0.4, -0.2) is 46.0 Å². The van der Waals surface area contributed by atoms with Crippen LogP contribution in [0.2, 0.25) is 0 Å². The van der Waals surface area contributed by atoms with Gasteiger partial charge in [-0.05, 0) is 66.3 Å². The molecule has 0 fully saturated rings. The zero-order chi connectivity index (χ0) is 28.5. The van der Waals surface area contributed by atoms with Crippen molar-refractivity contribution in [2.75, 3.05) is 12.4 Å². The summed E-state index contributed by atoms with van der Waals surface area (Å²) >= 11 is 1.33. The van der Waals surface area contributed by atoms with E-state index in [1.807, 2.05) is 30.3 Å². The van der Waals surface area contributed by atoms with E-state index in [9.17, 15) is 14.4 Å². The lowest BCUT2D eigenvalue weighted by Crippen LogP contribution is -2.32. The molecule has 0 saturated carbocycles. The summed E-state index contributed by atoms with van der Waals surface area (Å²) in [5, 5.41) is 3.24. The molecule has 10 heteroatoms. The molecule has 9 nitrogen and oxygen atoms in total. The number of imidazole rings is 1. The van der Waals surface area contributed by atoms with Crippen LogP contribution in [0.1, 0.15) is 45.2 Å². The predicted molar refractivity (Wildman–Crippen MR) is 156 cm³/mol. The molecular formula is C31H26N4O5S. The van der Waals surface area contributed by atoms with Crippen molar-refractivity contribution in [1.29, 1.82) is 0 Å². The second kappa shape index (κ2) is 11.0. The number of esters is 2. The average Bonchev–Trinajstić information content (AvgIpc) is 3.61. The Morgan fingerprint density at radius 1 is 1.07 bits per heavy atom. The van der Waals surface area contributed by atoms with Crippen molar-refractivity contribution in [2.24, 2.45) is 0 Å². The lowest BCUT2D eigenvalue weighted by atomic mass is 9.89. The minimum atomic E-state index is -1.07. The van der Waals surface area contributed by atoms with Crippen LogP contribution >= 0.6 is 11.3 Å². The first-order valence-electron chi connectivity index (χ1n) is 13.2. The first kappa shape index (κ1) is 26.4. The van der Waals surface area contributed by atoms with Gasteiger partial charge in [-0.25, -0.2) is 14.6 Å². The molecule has 41 heavy (non-hydrogen) atoms. The van der Waals surface area contributed by atoms with Crippen molar-refractivity contribution in [1.82, 2.24) is 15.0 Å². The van der Waals surface area contributed by atoms with E-state index in [-0.39, 0.29) is 12.0 Å². The lowest BCUT2D eigenvalue weighted by Gasteiger charge is -2.17. The fraction of sp³-hybridized carbons (Fsp3) is 0.194. The molecule has 0 radical (unpaired) electrons. The average molecular weight is 567 g/mol. The molecule has 1 amide bonds. The van der Waals surface area contributed by atoms with Gasteiger partial charge in [-0.15, -0.1) is 11.3 Å². The molecule has 0 spiro atoms. The fourth-order valence-electron chi connectivity index (χ4n) is 5.03. The molecule has 1 unspecified atom stereocenters. The Morgan fingerprint density at radius 3 is 2.71 bits per heavy atom. The molecule has 1 aliphatic carbocycles. The number of H-pyrrole nitrogens is 1. The maximum absolute atomic E-state index is 13.3. The van der Waals surface area contributed by atoms with E-state index in [4.69, 9.17) is 9.47 Å². The summed E-state index contributed by atoms with van der Waals surface area (Å²) in [6.07, 6.45) is 4.01. The van der Waals surface area contributed by atoms with Gasteiger partial charge in [0.15, 0.2) is 6.10 Å². The molecular weight excluding hydrogens is 540 g/mol. The van der Waals surface area contributed by atoms with Gasteiger partial charge in [-0.2, -0.15) is 0 Å². The monoisotopic (exact) mass is 566 g/mol. The summed E-state index contributed by atoms with van der Waals surface area (Å²) in [6.45, 7) is 1.76. The number of ether oxygens (including phenoxy) is 2. The van der Waals surface area contributed by atoms with Crippen LogP contribution < -0.4 is 5.32 Å². The summed E-state index contributed by atoms with van der Waals surface area (Å²) in [7, 11) is 1.32. The molecule has 2 aromatic carbocycles. The van der Waals surface area contributed by atoms with Crippen molar-refractivity contribution in [3.05, 3.63) is 89.2 Å². The van der Waals surface area contributed by atoms with Crippen LogP contribution in [0.3, 0.4) is 0 Å². The maximum Gasteiger partial charge on any atom is 0.341 e. The SMILES string of the molecule is CCC(OC(=O)c1ccc2nc(-c3cccnc3)[nH]c2c1)C(=O)Nc1sc2c(c1C(=O)OC)CCc1ccccc1-2. The number of hydrogen-bond acceptors (Lipinski definition) is 8. The van der Waals surface area contributed by atoms with Crippen LogP contribution in [0.4, 0.5) is 5.00 Å². The number of aromatic amines is 1. The first-order valence-corrected chi connectivity index (χ1v) is 14.0. The molecule has 0 aliphatic heterocycles. The van der Waals surface area contributed by atoms with Crippen LogP contribution in [-0.2, 0) is 27.1 Å². The number of thiophene rings is 1. The number of fused-ring (bicyclic) bond motifs is 4. The predicted octanol–water partition coefficient (Wildman–Crippen LogP) is 5.81. The third kappa shape index (κ3) is 4.98. The summed E-state index contributed by atoms with van der Waals surface area (Å²) < 4.78 is 10.7. The van der Waals surface area contributed by atoms with Gasteiger partial charge in [0.05, 0.1) is 29.3 Å². The van der Waals surface area contributed by atoms with E-state index in [1.54, 1.807) is 37.5 Å². The van der Waals surface area contributed by atoms with E-state index in [0.29, 0.717) is 33.8 Å². The zero-order valence-corrected chi connectivity index (χ0v) is 23.2. The Kier molecular flexibility index (Phi) is 7.07. The number of carbonyl (C=O) groups excluding carboxylic acids is 3. The number of nitrogens with zero attached hydrogens (tertiary/aromatic N) is 2. The summed E-state index contributed by atoms with van der Waals surface area (Å²) in [5.74, 6) is -1.04. The molecule has 1 aliphatic rings. The number of anilines is 1. The highest BCUT2D eigenvalue weighted by Crippen LogP contribution is 2.45. The highest BCUT2D eigenvalue weighted by atomic mass is 32.1. The number of carbonyl (C=O) groups is 3. The second-order valence-electron chi connectivity index (χ2n) is 9.61. The van der Waals surface area contributed by atoms with Gasteiger partial charge < -0.3 is 19.8 Å². The minimum absolute atomic E-state index is 0.247. The summed E-state index contributed by atoms with van der Waals surface area (Å²) in [6, 6.07) is 16.7. The van der Waals surface area contributed by atoms with Crippen molar-refractivity contribution < 1.29 is 23.9 Å². The highest BCUT2D eigenvalue weighted by molar-refractivity contribution is 7.20. The number of amides is 1. The smallest absolute Gasteiger partial charge is 0.341 e. The van der Waals surface area contributed by atoms with Gasteiger partial charge in [-0.1, -0.05) is 31.2 Å². The molecule has 6 rings (SSSR count). The Balaban J connectivity index is 1.23. The van der Waals surface area contributed by atoms with Gasteiger partial charge in [0.25, 0.3) is 5.91 Å². The Labute approximate surface area is 239 Å². The standard InChI is InChI=1S/C31H26N4O5S/c1-3-24(40-30(37)18-11-13-22-23(15-18)34-27(33-22)19-8-6-14-32-16-19)28(36)35-29-25(31(38)39-2)21-12-10-17-7-4-5-9-20(17)26(21)41-29/h4-9,11,13-16,24H,3,10,12H2,1-2H3,(H,33,34)(H,35,36). The Hall–Kier alpha value is -4.83. The van der Waals surface area contributed by atoms with Gasteiger partial charge in [-0.3, -0.25) is 9.78 Å². The normalized spacial score (nSPS) is 12.7. The zero-order valence-electron chi connectivity index (χ0n) is 22.4. The maximum atomic E-state index is 13.3. The van der Waals surface area contributed by atoms with Crippen molar-refractivity contribution in [2.45, 2.75) is 32.3 Å². The Morgan fingerprint density at radius 2 is 1.93 bits per heavy atom. The van der Waals surface area contributed by atoms with Gasteiger partial charge in [0, 0.05) is 22.8 Å². The molecule has 3 heterocycles. The van der Waals surface area contributed by atoms with Gasteiger partial charge >= 0.3 is 11.9 Å². The number of rotatable bonds is 7. The van der Waals surface area contributed by atoms with E-state index in [2.05, 4.69) is 26.3 Å². The number of nitrogens with one attached hydrogen (secondary N) is 2. The molecule has 0 saturated heterocycles. The molecule has 2 N–H and O–H groups in total.